The normalized spacial score (nSPS) is 20.4. The van der Waals surface area contributed by atoms with Gasteiger partial charge in [0.1, 0.15) is 0 Å². The van der Waals surface area contributed by atoms with Crippen molar-refractivity contribution in [3.63, 3.8) is 0 Å². The van der Waals surface area contributed by atoms with Crippen molar-refractivity contribution < 1.29 is 23.8 Å². The summed E-state index contributed by atoms with van der Waals surface area (Å²) in [5, 5.41) is 0. The molecule has 2 heterocycles. The van der Waals surface area contributed by atoms with Crippen LogP contribution in [-0.2, 0) is 23.8 Å². The van der Waals surface area contributed by atoms with E-state index in [1.807, 2.05) is 35.2 Å². The molecule has 2 aliphatic rings. The first-order valence-electron chi connectivity index (χ1n) is 8.66. The second kappa shape index (κ2) is 8.19. The van der Waals surface area contributed by atoms with Gasteiger partial charge in [0.05, 0.1) is 37.4 Å². The number of nitrogens with zero attached hydrogens (tertiary/aromatic N) is 1. The number of carbonyl (C=O) groups excluding carboxylic acids is 2. The standard InChI is InChI=1S/C20H23NO5/c1-24-19(22)16-12-21(11-15-9-6-10-26-15)13-17(20(23)25-2)18(16)14-7-4-3-5-8-14/h3-5,7-8,12-13,15,18H,6,9-11H2,1-2H3. The van der Waals surface area contributed by atoms with Crippen LogP contribution in [0.3, 0.4) is 0 Å². The van der Waals surface area contributed by atoms with Crippen molar-refractivity contribution in [3.8, 4) is 0 Å². The third kappa shape index (κ3) is 3.80. The molecule has 1 saturated heterocycles. The predicted molar refractivity (Wildman–Crippen MR) is 95.1 cm³/mol. The minimum atomic E-state index is -0.531. The number of rotatable bonds is 5. The number of hydrogen-bond donors (Lipinski definition) is 0. The lowest BCUT2D eigenvalue weighted by Gasteiger charge is -2.31. The first-order chi connectivity index (χ1) is 12.6. The molecule has 0 saturated carbocycles. The van der Waals surface area contributed by atoms with Crippen LogP contribution in [0.25, 0.3) is 0 Å². The summed E-state index contributed by atoms with van der Waals surface area (Å²) < 4.78 is 15.6. The van der Waals surface area contributed by atoms with Crippen molar-refractivity contribution in [2.24, 2.45) is 0 Å². The zero-order valence-electron chi connectivity index (χ0n) is 15.0. The third-order valence-corrected chi connectivity index (χ3v) is 4.65. The summed E-state index contributed by atoms with van der Waals surface area (Å²) in [5.41, 5.74) is 1.64. The molecule has 1 aromatic rings. The molecule has 1 unspecified atom stereocenters. The van der Waals surface area contributed by atoms with Gasteiger partial charge in [-0.25, -0.2) is 9.59 Å². The van der Waals surface area contributed by atoms with E-state index < -0.39 is 17.9 Å². The maximum absolute atomic E-state index is 12.5. The lowest BCUT2D eigenvalue weighted by Crippen LogP contribution is -2.32. The lowest BCUT2D eigenvalue weighted by atomic mass is 9.83. The van der Waals surface area contributed by atoms with Crippen LogP contribution in [0.4, 0.5) is 0 Å². The average molecular weight is 357 g/mol. The Kier molecular flexibility index (Phi) is 5.73. The van der Waals surface area contributed by atoms with Gasteiger partial charge in [0, 0.05) is 25.6 Å². The fraction of sp³-hybridized carbons (Fsp3) is 0.400. The topological polar surface area (TPSA) is 65.1 Å². The average Bonchev–Trinajstić information content (AvgIpc) is 3.19. The number of hydrogen-bond acceptors (Lipinski definition) is 6. The number of esters is 2. The van der Waals surface area contributed by atoms with Gasteiger partial charge in [0.2, 0.25) is 0 Å². The third-order valence-electron chi connectivity index (χ3n) is 4.65. The van der Waals surface area contributed by atoms with E-state index in [0.29, 0.717) is 17.7 Å². The maximum Gasteiger partial charge on any atom is 0.336 e. The number of ether oxygens (including phenoxy) is 3. The smallest absolute Gasteiger partial charge is 0.336 e. The summed E-state index contributed by atoms with van der Waals surface area (Å²) in [6, 6.07) is 9.40. The van der Waals surface area contributed by atoms with E-state index in [2.05, 4.69) is 0 Å². The molecule has 0 N–H and O–H groups in total. The summed E-state index contributed by atoms with van der Waals surface area (Å²) in [5.74, 6) is -1.46. The molecule has 0 bridgehead atoms. The highest BCUT2D eigenvalue weighted by molar-refractivity contribution is 5.98. The van der Waals surface area contributed by atoms with Gasteiger partial charge in [-0.3, -0.25) is 0 Å². The van der Waals surface area contributed by atoms with Gasteiger partial charge in [-0.05, 0) is 18.4 Å². The Bertz CT molecular complexity index is 685. The van der Waals surface area contributed by atoms with E-state index in [1.165, 1.54) is 14.2 Å². The van der Waals surface area contributed by atoms with E-state index in [1.54, 1.807) is 12.4 Å². The van der Waals surface area contributed by atoms with Crippen LogP contribution in [-0.4, -0.2) is 50.3 Å². The van der Waals surface area contributed by atoms with E-state index in [9.17, 15) is 9.59 Å². The highest BCUT2D eigenvalue weighted by Gasteiger charge is 2.35. The monoisotopic (exact) mass is 357 g/mol. The van der Waals surface area contributed by atoms with Crippen LogP contribution in [0.5, 0.6) is 0 Å². The molecule has 2 aliphatic heterocycles. The molecule has 26 heavy (non-hydrogen) atoms. The molecule has 3 rings (SSSR count). The SMILES string of the molecule is COC(=O)C1=CN(CC2CCCO2)C=C(C(=O)OC)C1c1ccccc1. The van der Waals surface area contributed by atoms with Crippen molar-refractivity contribution in [3.05, 3.63) is 59.4 Å². The molecular formula is C20H23NO5. The zero-order valence-corrected chi connectivity index (χ0v) is 15.0. The summed E-state index contributed by atoms with van der Waals surface area (Å²) >= 11 is 0. The Hall–Kier alpha value is -2.60. The summed E-state index contributed by atoms with van der Waals surface area (Å²) in [4.78, 5) is 26.8. The van der Waals surface area contributed by atoms with E-state index >= 15 is 0 Å². The fourth-order valence-corrected chi connectivity index (χ4v) is 3.42. The summed E-state index contributed by atoms with van der Waals surface area (Å²) in [6.45, 7) is 1.31. The first kappa shape index (κ1) is 18.2. The molecular weight excluding hydrogens is 334 g/mol. The largest absolute Gasteiger partial charge is 0.466 e. The molecule has 0 amide bonds. The van der Waals surface area contributed by atoms with Crippen molar-refractivity contribution in [1.82, 2.24) is 4.90 Å². The van der Waals surface area contributed by atoms with E-state index in [-0.39, 0.29) is 6.10 Å². The van der Waals surface area contributed by atoms with Crippen molar-refractivity contribution >= 4 is 11.9 Å². The Morgan fingerprint density at radius 1 is 1.08 bits per heavy atom. The Balaban J connectivity index is 2.00. The molecule has 1 aromatic carbocycles. The highest BCUT2D eigenvalue weighted by Crippen LogP contribution is 2.37. The lowest BCUT2D eigenvalue weighted by molar-refractivity contribution is -0.137. The van der Waals surface area contributed by atoms with E-state index in [0.717, 1.165) is 25.0 Å². The molecule has 6 heteroatoms. The summed E-state index contributed by atoms with van der Waals surface area (Å²) in [6.07, 6.45) is 5.55. The van der Waals surface area contributed by atoms with Gasteiger partial charge >= 0.3 is 11.9 Å². The van der Waals surface area contributed by atoms with Crippen LogP contribution < -0.4 is 0 Å². The van der Waals surface area contributed by atoms with Crippen molar-refractivity contribution in [1.29, 1.82) is 0 Å². The molecule has 0 aliphatic carbocycles. The highest BCUT2D eigenvalue weighted by atomic mass is 16.5. The van der Waals surface area contributed by atoms with Crippen LogP contribution >= 0.6 is 0 Å². The summed E-state index contributed by atoms with van der Waals surface area (Å²) in [7, 11) is 2.68. The van der Waals surface area contributed by atoms with E-state index in [4.69, 9.17) is 14.2 Å². The van der Waals surface area contributed by atoms with Gasteiger partial charge in [-0.1, -0.05) is 30.3 Å². The van der Waals surface area contributed by atoms with Crippen LogP contribution in [0.1, 0.15) is 24.3 Å². The predicted octanol–water partition coefficient (Wildman–Crippen LogP) is 2.38. The number of methoxy groups -OCH3 is 2. The van der Waals surface area contributed by atoms with Gasteiger partial charge in [0.25, 0.3) is 0 Å². The van der Waals surface area contributed by atoms with Crippen LogP contribution in [0, 0.1) is 0 Å². The molecule has 1 atom stereocenters. The Labute approximate surface area is 153 Å². The minimum absolute atomic E-state index is 0.0774. The quantitative estimate of drug-likeness (QED) is 0.754. The molecule has 138 valence electrons. The molecule has 0 radical (unpaired) electrons. The molecule has 6 nitrogen and oxygen atoms in total. The Morgan fingerprint density at radius 3 is 2.19 bits per heavy atom. The van der Waals surface area contributed by atoms with Gasteiger partial charge in [-0.2, -0.15) is 0 Å². The molecule has 1 fully saturated rings. The molecule has 0 spiro atoms. The fourth-order valence-electron chi connectivity index (χ4n) is 3.42. The van der Waals surface area contributed by atoms with Crippen LogP contribution in [0.15, 0.2) is 53.9 Å². The van der Waals surface area contributed by atoms with Gasteiger partial charge in [-0.15, -0.1) is 0 Å². The second-order valence-electron chi connectivity index (χ2n) is 6.33. The van der Waals surface area contributed by atoms with Crippen molar-refractivity contribution in [2.45, 2.75) is 24.9 Å². The van der Waals surface area contributed by atoms with Crippen molar-refractivity contribution in [2.75, 3.05) is 27.4 Å². The Morgan fingerprint density at radius 2 is 1.69 bits per heavy atom. The number of carbonyl (C=O) groups is 2. The number of benzene rings is 1. The minimum Gasteiger partial charge on any atom is -0.466 e. The second-order valence-corrected chi connectivity index (χ2v) is 6.33. The van der Waals surface area contributed by atoms with Crippen LogP contribution in [0.2, 0.25) is 0 Å². The maximum atomic E-state index is 12.5. The molecule has 0 aromatic heterocycles. The van der Waals surface area contributed by atoms with Gasteiger partial charge < -0.3 is 19.1 Å². The van der Waals surface area contributed by atoms with Gasteiger partial charge in [0.15, 0.2) is 0 Å². The zero-order chi connectivity index (χ0) is 18.5. The first-order valence-corrected chi connectivity index (χ1v) is 8.66.